The molecule has 0 aliphatic carbocycles. The first-order valence-corrected chi connectivity index (χ1v) is 9.86. The Morgan fingerprint density at radius 3 is 2.42 bits per heavy atom. The number of hydrogen-bond acceptors (Lipinski definition) is 4. The summed E-state index contributed by atoms with van der Waals surface area (Å²) >= 11 is 1.14. The van der Waals surface area contributed by atoms with Crippen molar-refractivity contribution in [3.05, 3.63) is 21.6 Å². The molecule has 1 aromatic rings. The van der Waals surface area contributed by atoms with Crippen LogP contribution < -0.4 is 5.56 Å². The Bertz CT molecular complexity index is 572. The smallest absolute Gasteiger partial charge is 0.317 e. The van der Waals surface area contributed by atoms with Crippen molar-refractivity contribution < 1.29 is 9.90 Å². The predicted octanol–water partition coefficient (Wildman–Crippen LogP) is 4.33. The van der Waals surface area contributed by atoms with E-state index in [-0.39, 0.29) is 5.56 Å². The van der Waals surface area contributed by atoms with Gasteiger partial charge in [-0.15, -0.1) is 0 Å². The van der Waals surface area contributed by atoms with Crippen LogP contribution in [0.5, 0.6) is 0 Å². The average Bonchev–Trinajstić information content (AvgIpc) is 2.53. The van der Waals surface area contributed by atoms with Gasteiger partial charge in [-0.25, -0.2) is 4.98 Å². The molecule has 6 heteroatoms. The van der Waals surface area contributed by atoms with E-state index in [9.17, 15) is 14.7 Å². The molecule has 0 amide bonds. The number of hydrogen-bond donors (Lipinski definition) is 2. The van der Waals surface area contributed by atoms with Crippen LogP contribution in [-0.2, 0) is 11.2 Å². The minimum absolute atomic E-state index is 0.125. The van der Waals surface area contributed by atoms with Crippen LogP contribution in [0.1, 0.15) is 76.5 Å². The fraction of sp³-hybridized carbons (Fsp3) is 0.722. The average molecular weight is 355 g/mol. The molecule has 0 fully saturated rings. The minimum atomic E-state index is -0.853. The number of carboxylic acids is 1. The van der Waals surface area contributed by atoms with Crippen LogP contribution in [0.25, 0.3) is 0 Å². The molecule has 1 heterocycles. The predicted molar refractivity (Wildman–Crippen MR) is 98.9 cm³/mol. The molecule has 0 aliphatic heterocycles. The van der Waals surface area contributed by atoms with Gasteiger partial charge in [0.2, 0.25) is 0 Å². The Kier molecular flexibility index (Phi) is 9.76. The fourth-order valence-electron chi connectivity index (χ4n) is 2.60. The molecule has 1 unspecified atom stereocenters. The molecular formula is C18H30N2O3S. The van der Waals surface area contributed by atoms with Crippen molar-refractivity contribution in [2.75, 3.05) is 0 Å². The number of aromatic amines is 1. The second kappa shape index (κ2) is 11.3. The molecule has 0 bridgehead atoms. The largest absolute Gasteiger partial charge is 0.480 e. The van der Waals surface area contributed by atoms with Gasteiger partial charge in [0.25, 0.3) is 5.56 Å². The van der Waals surface area contributed by atoms with Crippen LogP contribution >= 0.6 is 11.8 Å². The Labute approximate surface area is 148 Å². The molecule has 1 rings (SSSR count). The summed E-state index contributed by atoms with van der Waals surface area (Å²) in [7, 11) is 0. The molecule has 0 radical (unpaired) electrons. The first-order valence-electron chi connectivity index (χ1n) is 8.98. The molecule has 2 N–H and O–H groups in total. The van der Waals surface area contributed by atoms with Gasteiger partial charge in [-0.05, 0) is 26.2 Å². The fourth-order valence-corrected chi connectivity index (χ4v) is 3.59. The monoisotopic (exact) mass is 354 g/mol. The molecule has 1 atom stereocenters. The topological polar surface area (TPSA) is 83.0 Å². The summed E-state index contributed by atoms with van der Waals surface area (Å²) in [5, 5.41) is 9.15. The Morgan fingerprint density at radius 2 is 1.83 bits per heavy atom. The SMILES string of the molecule is CCCCCCCc1c(C)nc(SC(CCCC)C(=O)O)[nH]c1=O. The van der Waals surface area contributed by atoms with Gasteiger partial charge in [0.1, 0.15) is 5.25 Å². The van der Waals surface area contributed by atoms with Crippen molar-refractivity contribution in [2.24, 2.45) is 0 Å². The second-order valence-corrected chi connectivity index (χ2v) is 7.38. The lowest BCUT2D eigenvalue weighted by Crippen LogP contribution is -2.21. The van der Waals surface area contributed by atoms with Crippen LogP contribution in [0.2, 0.25) is 0 Å². The van der Waals surface area contributed by atoms with E-state index in [0.717, 1.165) is 55.1 Å². The van der Waals surface area contributed by atoms with E-state index >= 15 is 0 Å². The Hall–Kier alpha value is -1.30. The van der Waals surface area contributed by atoms with Gasteiger partial charge in [-0.1, -0.05) is 64.1 Å². The molecule has 1 aromatic heterocycles. The minimum Gasteiger partial charge on any atom is -0.480 e. The molecule has 0 saturated carbocycles. The molecular weight excluding hydrogens is 324 g/mol. The highest BCUT2D eigenvalue weighted by Gasteiger charge is 2.20. The molecule has 0 aromatic carbocycles. The van der Waals surface area contributed by atoms with Gasteiger partial charge in [0.15, 0.2) is 5.16 Å². The number of carboxylic acid groups (broad SMARTS) is 1. The summed E-state index contributed by atoms with van der Waals surface area (Å²) in [5.41, 5.74) is 1.33. The normalized spacial score (nSPS) is 12.3. The Morgan fingerprint density at radius 1 is 1.17 bits per heavy atom. The summed E-state index contributed by atoms with van der Waals surface area (Å²) < 4.78 is 0. The third kappa shape index (κ3) is 7.07. The number of unbranched alkanes of at least 4 members (excludes halogenated alkanes) is 5. The zero-order valence-electron chi connectivity index (χ0n) is 15.1. The number of rotatable bonds is 12. The summed E-state index contributed by atoms with van der Waals surface area (Å²) in [5.74, 6) is -0.853. The summed E-state index contributed by atoms with van der Waals surface area (Å²) in [6.07, 6.45) is 8.88. The van der Waals surface area contributed by atoms with E-state index < -0.39 is 11.2 Å². The first kappa shape index (κ1) is 20.7. The number of aromatic nitrogens is 2. The molecule has 0 spiro atoms. The lowest BCUT2D eigenvalue weighted by Gasteiger charge is -2.12. The molecule has 24 heavy (non-hydrogen) atoms. The van der Waals surface area contributed by atoms with Crippen LogP contribution in [0.15, 0.2) is 9.95 Å². The maximum atomic E-state index is 12.3. The zero-order chi connectivity index (χ0) is 17.9. The second-order valence-electron chi connectivity index (χ2n) is 6.19. The van der Waals surface area contributed by atoms with Crippen molar-refractivity contribution in [1.29, 1.82) is 0 Å². The first-order chi connectivity index (χ1) is 11.5. The number of thioether (sulfide) groups is 1. The van der Waals surface area contributed by atoms with Crippen LogP contribution in [0.3, 0.4) is 0 Å². The van der Waals surface area contributed by atoms with Crippen molar-refractivity contribution >= 4 is 17.7 Å². The van der Waals surface area contributed by atoms with Gasteiger partial charge in [-0.2, -0.15) is 0 Å². The molecule has 0 saturated heterocycles. The number of aryl methyl sites for hydroxylation is 1. The van der Waals surface area contributed by atoms with Gasteiger partial charge >= 0.3 is 5.97 Å². The Balaban J connectivity index is 2.71. The van der Waals surface area contributed by atoms with Gasteiger partial charge in [0.05, 0.1) is 0 Å². The van der Waals surface area contributed by atoms with E-state index in [4.69, 9.17) is 0 Å². The van der Waals surface area contributed by atoms with E-state index in [0.29, 0.717) is 11.6 Å². The van der Waals surface area contributed by atoms with E-state index in [1.807, 2.05) is 13.8 Å². The highest BCUT2D eigenvalue weighted by atomic mass is 32.2. The maximum Gasteiger partial charge on any atom is 0.317 e. The lowest BCUT2D eigenvalue weighted by atomic mass is 10.1. The zero-order valence-corrected chi connectivity index (χ0v) is 15.9. The summed E-state index contributed by atoms with van der Waals surface area (Å²) in [6.45, 7) is 6.05. The standard InChI is InChI=1S/C18H30N2O3S/c1-4-6-8-9-10-11-14-13(3)19-18(20-16(14)21)24-15(17(22)23)12-7-5-2/h15H,4-12H2,1-3H3,(H,22,23)(H,19,20,21). The number of H-pyrrole nitrogens is 1. The van der Waals surface area contributed by atoms with Crippen molar-refractivity contribution in [3.63, 3.8) is 0 Å². The third-order valence-electron chi connectivity index (χ3n) is 4.08. The van der Waals surface area contributed by atoms with Gasteiger partial charge in [0, 0.05) is 11.3 Å². The maximum absolute atomic E-state index is 12.3. The third-order valence-corrected chi connectivity index (χ3v) is 5.22. The van der Waals surface area contributed by atoms with Gasteiger partial charge in [-0.3, -0.25) is 9.59 Å². The van der Waals surface area contributed by atoms with Crippen LogP contribution in [0.4, 0.5) is 0 Å². The highest BCUT2D eigenvalue weighted by Crippen LogP contribution is 2.24. The number of aliphatic carboxylic acids is 1. The van der Waals surface area contributed by atoms with E-state index in [1.54, 1.807) is 0 Å². The highest BCUT2D eigenvalue weighted by molar-refractivity contribution is 8.00. The van der Waals surface area contributed by atoms with Crippen molar-refractivity contribution in [3.8, 4) is 0 Å². The van der Waals surface area contributed by atoms with Crippen LogP contribution in [0, 0.1) is 6.92 Å². The van der Waals surface area contributed by atoms with Gasteiger partial charge < -0.3 is 10.1 Å². The van der Waals surface area contributed by atoms with Crippen LogP contribution in [-0.4, -0.2) is 26.3 Å². The lowest BCUT2D eigenvalue weighted by molar-refractivity contribution is -0.136. The molecule has 0 aliphatic rings. The molecule has 136 valence electrons. The number of carbonyl (C=O) groups is 1. The van der Waals surface area contributed by atoms with Crippen molar-refractivity contribution in [1.82, 2.24) is 9.97 Å². The van der Waals surface area contributed by atoms with Crippen molar-refractivity contribution in [2.45, 2.75) is 89.0 Å². The van der Waals surface area contributed by atoms with E-state index in [1.165, 1.54) is 19.3 Å². The quantitative estimate of drug-likeness (QED) is 0.332. The van der Waals surface area contributed by atoms with E-state index in [2.05, 4.69) is 16.9 Å². The summed E-state index contributed by atoms with van der Waals surface area (Å²) in [4.78, 5) is 30.8. The number of nitrogens with zero attached hydrogens (tertiary/aromatic N) is 1. The molecule has 5 nitrogen and oxygen atoms in total. The number of nitrogens with one attached hydrogen (secondary N) is 1. The summed E-state index contributed by atoms with van der Waals surface area (Å²) in [6, 6.07) is 0.